The van der Waals surface area contributed by atoms with Gasteiger partial charge in [-0.25, -0.2) is 0 Å². The number of aliphatic imine (C=N–C) groups is 1. The monoisotopic (exact) mass is 321 g/mol. The fraction of sp³-hybridized carbons (Fsp3) is 0.529. The predicted octanol–water partition coefficient (Wildman–Crippen LogP) is 2.77. The van der Waals surface area contributed by atoms with E-state index in [2.05, 4.69) is 4.99 Å². The Kier molecular flexibility index (Phi) is 5.84. The molecule has 6 heteroatoms. The Labute approximate surface area is 136 Å². The van der Waals surface area contributed by atoms with Gasteiger partial charge in [0, 0.05) is 24.4 Å². The van der Waals surface area contributed by atoms with Gasteiger partial charge in [-0.1, -0.05) is 0 Å². The second-order valence-electron chi connectivity index (χ2n) is 5.57. The maximum atomic E-state index is 11.0. The van der Waals surface area contributed by atoms with Gasteiger partial charge in [-0.2, -0.15) is 0 Å². The van der Waals surface area contributed by atoms with Gasteiger partial charge in [0.2, 0.25) is 0 Å². The van der Waals surface area contributed by atoms with E-state index in [0.717, 1.165) is 18.4 Å². The summed E-state index contributed by atoms with van der Waals surface area (Å²) in [6.45, 7) is 0. The number of benzene rings is 1. The summed E-state index contributed by atoms with van der Waals surface area (Å²) >= 11 is 0. The molecule has 126 valence electrons. The third-order valence-electron chi connectivity index (χ3n) is 4.21. The second kappa shape index (κ2) is 7.85. The highest BCUT2D eigenvalue weighted by atomic mass is 16.5. The molecule has 0 aliphatic heterocycles. The molecule has 0 amide bonds. The van der Waals surface area contributed by atoms with Crippen LogP contribution in [0.25, 0.3) is 0 Å². The molecule has 1 aromatic carbocycles. The fourth-order valence-electron chi connectivity index (χ4n) is 2.81. The van der Waals surface area contributed by atoms with Crippen molar-refractivity contribution in [1.82, 2.24) is 0 Å². The SMILES string of the molecule is COc1cc(OC)c(C=NC2CCC(C(=O)O)CC2)c(OC)c1. The highest BCUT2D eigenvalue weighted by molar-refractivity contribution is 5.88. The van der Waals surface area contributed by atoms with E-state index in [1.807, 2.05) is 0 Å². The van der Waals surface area contributed by atoms with Crippen molar-refractivity contribution >= 4 is 12.2 Å². The molecule has 0 unspecified atom stereocenters. The Balaban J connectivity index is 2.14. The van der Waals surface area contributed by atoms with Crippen LogP contribution in [0.2, 0.25) is 0 Å². The Hall–Kier alpha value is -2.24. The zero-order valence-corrected chi connectivity index (χ0v) is 13.7. The topological polar surface area (TPSA) is 77.4 Å². The average Bonchev–Trinajstić information content (AvgIpc) is 2.59. The molecule has 2 rings (SSSR count). The molecule has 1 saturated carbocycles. The molecule has 23 heavy (non-hydrogen) atoms. The van der Waals surface area contributed by atoms with Gasteiger partial charge in [0.15, 0.2) is 0 Å². The van der Waals surface area contributed by atoms with Crippen LogP contribution in [0, 0.1) is 5.92 Å². The summed E-state index contributed by atoms with van der Waals surface area (Å²) < 4.78 is 16.0. The first-order valence-corrected chi connectivity index (χ1v) is 7.65. The van der Waals surface area contributed by atoms with Gasteiger partial charge in [0.1, 0.15) is 17.2 Å². The number of carboxylic acid groups (broad SMARTS) is 1. The first-order valence-electron chi connectivity index (χ1n) is 7.65. The van der Waals surface area contributed by atoms with E-state index in [-0.39, 0.29) is 12.0 Å². The summed E-state index contributed by atoms with van der Waals surface area (Å²) in [6, 6.07) is 3.71. The Morgan fingerprint density at radius 3 is 2.09 bits per heavy atom. The van der Waals surface area contributed by atoms with Gasteiger partial charge in [-0.05, 0) is 25.7 Å². The molecule has 0 atom stereocenters. The number of ether oxygens (including phenoxy) is 3. The number of carbonyl (C=O) groups is 1. The van der Waals surface area contributed by atoms with Crippen LogP contribution in [-0.4, -0.2) is 44.7 Å². The molecule has 1 aromatic rings. The quantitative estimate of drug-likeness (QED) is 0.815. The van der Waals surface area contributed by atoms with E-state index >= 15 is 0 Å². The van der Waals surface area contributed by atoms with Crippen LogP contribution in [-0.2, 0) is 4.79 Å². The molecule has 1 aliphatic carbocycles. The first-order chi connectivity index (χ1) is 11.1. The predicted molar refractivity (Wildman–Crippen MR) is 87.1 cm³/mol. The van der Waals surface area contributed by atoms with Gasteiger partial charge >= 0.3 is 5.97 Å². The van der Waals surface area contributed by atoms with Crippen molar-refractivity contribution in [1.29, 1.82) is 0 Å². The lowest BCUT2D eigenvalue weighted by molar-refractivity contribution is -0.142. The molecule has 0 saturated heterocycles. The lowest BCUT2D eigenvalue weighted by Gasteiger charge is -2.23. The maximum Gasteiger partial charge on any atom is 0.306 e. The number of hydrogen-bond donors (Lipinski definition) is 1. The van der Waals surface area contributed by atoms with Crippen molar-refractivity contribution in [2.75, 3.05) is 21.3 Å². The molecular formula is C17H23NO5. The molecule has 0 spiro atoms. The third kappa shape index (κ3) is 4.15. The van der Waals surface area contributed by atoms with Crippen molar-refractivity contribution in [2.24, 2.45) is 10.9 Å². The van der Waals surface area contributed by atoms with E-state index < -0.39 is 5.97 Å². The largest absolute Gasteiger partial charge is 0.496 e. The first kappa shape index (κ1) is 17.1. The number of methoxy groups -OCH3 is 3. The molecule has 1 fully saturated rings. The van der Waals surface area contributed by atoms with Gasteiger partial charge in [0.25, 0.3) is 0 Å². The highest BCUT2D eigenvalue weighted by Crippen LogP contribution is 2.33. The summed E-state index contributed by atoms with van der Waals surface area (Å²) in [5.41, 5.74) is 0.760. The Bertz CT molecular complexity index is 551. The molecular weight excluding hydrogens is 298 g/mol. The normalized spacial score (nSPS) is 21.2. The molecule has 0 heterocycles. The lowest BCUT2D eigenvalue weighted by atomic mass is 9.86. The number of nitrogens with zero attached hydrogens (tertiary/aromatic N) is 1. The van der Waals surface area contributed by atoms with Gasteiger partial charge in [0.05, 0.1) is 32.8 Å². The zero-order chi connectivity index (χ0) is 16.8. The summed E-state index contributed by atoms with van der Waals surface area (Å²) in [7, 11) is 4.76. The van der Waals surface area contributed by atoms with Crippen molar-refractivity contribution in [3.05, 3.63) is 17.7 Å². The van der Waals surface area contributed by atoms with Gasteiger partial charge in [-0.15, -0.1) is 0 Å². The molecule has 6 nitrogen and oxygen atoms in total. The Morgan fingerprint density at radius 1 is 1.09 bits per heavy atom. The van der Waals surface area contributed by atoms with E-state index in [9.17, 15) is 4.79 Å². The smallest absolute Gasteiger partial charge is 0.306 e. The van der Waals surface area contributed by atoms with Crippen LogP contribution in [0.1, 0.15) is 31.2 Å². The van der Waals surface area contributed by atoms with E-state index in [1.54, 1.807) is 39.7 Å². The van der Waals surface area contributed by atoms with Crippen LogP contribution < -0.4 is 14.2 Å². The Morgan fingerprint density at radius 2 is 1.65 bits per heavy atom. The number of hydrogen-bond acceptors (Lipinski definition) is 5. The van der Waals surface area contributed by atoms with Crippen LogP contribution in [0.3, 0.4) is 0 Å². The number of carboxylic acids is 1. The van der Waals surface area contributed by atoms with Gasteiger partial charge in [-0.3, -0.25) is 9.79 Å². The minimum atomic E-state index is -0.703. The van der Waals surface area contributed by atoms with Crippen molar-refractivity contribution in [3.63, 3.8) is 0 Å². The van der Waals surface area contributed by atoms with Crippen LogP contribution >= 0.6 is 0 Å². The minimum Gasteiger partial charge on any atom is -0.496 e. The fourth-order valence-corrected chi connectivity index (χ4v) is 2.81. The highest BCUT2D eigenvalue weighted by Gasteiger charge is 2.25. The van der Waals surface area contributed by atoms with Crippen molar-refractivity contribution < 1.29 is 24.1 Å². The van der Waals surface area contributed by atoms with E-state index in [1.165, 1.54) is 0 Å². The number of aliphatic carboxylic acids is 1. The molecule has 1 aliphatic rings. The molecule has 0 bridgehead atoms. The van der Waals surface area contributed by atoms with Crippen molar-refractivity contribution in [2.45, 2.75) is 31.7 Å². The summed E-state index contributed by atoms with van der Waals surface area (Å²) in [5.74, 6) is 0.976. The molecule has 1 N–H and O–H groups in total. The lowest BCUT2D eigenvalue weighted by Crippen LogP contribution is -2.23. The maximum absolute atomic E-state index is 11.0. The molecule has 0 aromatic heterocycles. The van der Waals surface area contributed by atoms with Crippen LogP contribution in [0.5, 0.6) is 17.2 Å². The van der Waals surface area contributed by atoms with E-state index in [0.29, 0.717) is 30.1 Å². The minimum absolute atomic E-state index is 0.141. The summed E-state index contributed by atoms with van der Waals surface area (Å²) in [4.78, 5) is 15.6. The standard InChI is InChI=1S/C17H23NO5/c1-21-13-8-15(22-2)14(16(9-13)23-3)10-18-12-6-4-11(5-7-12)17(19)20/h8-12H,4-7H2,1-3H3,(H,19,20). The van der Waals surface area contributed by atoms with Crippen LogP contribution in [0.15, 0.2) is 17.1 Å². The van der Waals surface area contributed by atoms with Crippen LogP contribution in [0.4, 0.5) is 0 Å². The van der Waals surface area contributed by atoms with Crippen molar-refractivity contribution in [3.8, 4) is 17.2 Å². The summed E-state index contributed by atoms with van der Waals surface area (Å²) in [6.07, 6.45) is 4.67. The molecule has 0 radical (unpaired) electrons. The zero-order valence-electron chi connectivity index (χ0n) is 13.7. The average molecular weight is 321 g/mol. The second-order valence-corrected chi connectivity index (χ2v) is 5.57. The summed E-state index contributed by atoms with van der Waals surface area (Å²) in [5, 5.41) is 9.04. The third-order valence-corrected chi connectivity index (χ3v) is 4.21. The number of rotatable bonds is 6. The van der Waals surface area contributed by atoms with Gasteiger partial charge < -0.3 is 19.3 Å². The van der Waals surface area contributed by atoms with E-state index in [4.69, 9.17) is 19.3 Å².